The Morgan fingerprint density at radius 1 is 1.06 bits per heavy atom. The molecule has 32 heavy (non-hydrogen) atoms. The normalized spacial score (nSPS) is 14.3. The lowest BCUT2D eigenvalue weighted by Crippen LogP contribution is -2.29. The van der Waals surface area contributed by atoms with Crippen LogP contribution in [0.15, 0.2) is 54.6 Å². The predicted octanol–water partition coefficient (Wildman–Crippen LogP) is 8.04. The maximum absolute atomic E-state index is 6.91. The van der Waals surface area contributed by atoms with Crippen LogP contribution in [0.4, 0.5) is 0 Å². The van der Waals surface area contributed by atoms with Gasteiger partial charge in [-0.1, -0.05) is 80.0 Å². The number of thiophene rings is 1. The van der Waals surface area contributed by atoms with E-state index in [0.717, 1.165) is 47.7 Å². The minimum absolute atomic E-state index is 0.314. The molecular formula is C27H26Cl2N2S. The van der Waals surface area contributed by atoms with Crippen molar-refractivity contribution in [2.45, 2.75) is 45.2 Å². The molecule has 1 aliphatic heterocycles. The van der Waals surface area contributed by atoms with Crippen molar-refractivity contribution in [2.24, 2.45) is 0 Å². The first-order valence-corrected chi connectivity index (χ1v) is 12.8. The molecule has 0 saturated carbocycles. The summed E-state index contributed by atoms with van der Waals surface area (Å²) < 4.78 is 0. The van der Waals surface area contributed by atoms with Crippen LogP contribution in [0.1, 0.15) is 47.0 Å². The van der Waals surface area contributed by atoms with Crippen molar-refractivity contribution < 1.29 is 0 Å². The molecular weight excluding hydrogens is 455 g/mol. The number of aromatic nitrogens is 1. The molecule has 0 amide bonds. The fraction of sp³-hybridized carbons (Fsp3) is 0.296. The number of nitrogens with zero attached hydrogens (tertiary/aromatic N) is 2. The lowest BCUT2D eigenvalue weighted by atomic mass is 9.94. The first-order chi connectivity index (χ1) is 15.5. The molecule has 0 radical (unpaired) electrons. The summed E-state index contributed by atoms with van der Waals surface area (Å²) in [6, 6.07) is 19.5. The standard InChI is InChI=1S/C27H26Cl2N2S/c1-17(2)19-8-10-20(11-9-19)24-25-21-12-13-31(15-18-6-4-3-5-7-18)16-23(21)32-27(25)30-22(14-28)26(24)29/h3-11,17H,12-16H2,1-2H3. The zero-order valence-electron chi connectivity index (χ0n) is 18.4. The maximum Gasteiger partial charge on any atom is 0.124 e. The second-order valence-corrected chi connectivity index (χ2v) is 10.5. The third-order valence-electron chi connectivity index (χ3n) is 6.32. The molecule has 3 heterocycles. The molecule has 164 valence electrons. The van der Waals surface area contributed by atoms with Crippen molar-refractivity contribution in [3.63, 3.8) is 0 Å². The summed E-state index contributed by atoms with van der Waals surface area (Å²) in [5, 5.41) is 1.91. The molecule has 0 unspecified atom stereocenters. The Balaban J connectivity index is 1.58. The topological polar surface area (TPSA) is 16.1 Å². The number of pyridine rings is 1. The van der Waals surface area contributed by atoms with Gasteiger partial charge in [0.2, 0.25) is 0 Å². The van der Waals surface area contributed by atoms with E-state index in [9.17, 15) is 0 Å². The highest BCUT2D eigenvalue weighted by Crippen LogP contribution is 2.44. The van der Waals surface area contributed by atoms with Crippen molar-refractivity contribution in [3.8, 4) is 11.1 Å². The average molecular weight is 481 g/mol. The Morgan fingerprint density at radius 2 is 1.81 bits per heavy atom. The van der Waals surface area contributed by atoms with Crippen LogP contribution in [0, 0.1) is 0 Å². The van der Waals surface area contributed by atoms with Crippen LogP contribution in [-0.4, -0.2) is 16.4 Å². The van der Waals surface area contributed by atoms with E-state index in [4.69, 9.17) is 28.2 Å². The summed E-state index contributed by atoms with van der Waals surface area (Å²) in [5.41, 5.74) is 7.10. The van der Waals surface area contributed by atoms with Crippen LogP contribution in [0.5, 0.6) is 0 Å². The van der Waals surface area contributed by atoms with Gasteiger partial charge in [0.25, 0.3) is 0 Å². The lowest BCUT2D eigenvalue weighted by molar-refractivity contribution is 0.249. The molecule has 4 aromatic rings. The summed E-state index contributed by atoms with van der Waals surface area (Å²) in [7, 11) is 0. The second kappa shape index (κ2) is 9.15. The Morgan fingerprint density at radius 3 is 2.50 bits per heavy atom. The fourth-order valence-electron chi connectivity index (χ4n) is 4.58. The number of benzene rings is 2. The largest absolute Gasteiger partial charge is 0.294 e. The van der Waals surface area contributed by atoms with Crippen molar-refractivity contribution in [1.82, 2.24) is 9.88 Å². The Bertz CT molecular complexity index is 1250. The zero-order chi connectivity index (χ0) is 22.2. The van der Waals surface area contributed by atoms with E-state index in [0.29, 0.717) is 16.8 Å². The summed E-state index contributed by atoms with van der Waals surface area (Å²) in [6.07, 6.45) is 1.01. The Hall–Kier alpha value is -1.91. The molecule has 2 aromatic heterocycles. The number of fused-ring (bicyclic) bond motifs is 3. The van der Waals surface area contributed by atoms with Crippen molar-refractivity contribution >= 4 is 44.8 Å². The molecule has 0 saturated heterocycles. The third-order valence-corrected chi connectivity index (χ3v) is 8.09. The van der Waals surface area contributed by atoms with Gasteiger partial charge in [-0.05, 0) is 34.6 Å². The molecule has 5 heteroatoms. The Labute approximate surface area is 203 Å². The molecule has 0 N–H and O–H groups in total. The van der Waals surface area contributed by atoms with Gasteiger partial charge < -0.3 is 0 Å². The summed E-state index contributed by atoms with van der Waals surface area (Å²) in [4.78, 5) is 9.85. The van der Waals surface area contributed by atoms with E-state index in [1.54, 1.807) is 11.3 Å². The lowest BCUT2D eigenvalue weighted by Gasteiger charge is -2.27. The summed E-state index contributed by atoms with van der Waals surface area (Å²) >= 11 is 15.0. The summed E-state index contributed by atoms with van der Waals surface area (Å²) in [5.74, 6) is 0.814. The molecule has 0 bridgehead atoms. The monoisotopic (exact) mass is 480 g/mol. The highest BCUT2D eigenvalue weighted by Gasteiger charge is 2.26. The minimum Gasteiger partial charge on any atom is -0.294 e. The molecule has 5 rings (SSSR count). The van der Waals surface area contributed by atoms with Crippen LogP contribution in [-0.2, 0) is 25.4 Å². The van der Waals surface area contributed by atoms with E-state index in [-0.39, 0.29) is 0 Å². The van der Waals surface area contributed by atoms with Crippen LogP contribution in [0.2, 0.25) is 5.02 Å². The van der Waals surface area contributed by atoms with Gasteiger partial charge in [0.15, 0.2) is 0 Å². The van der Waals surface area contributed by atoms with Gasteiger partial charge in [-0.3, -0.25) is 4.90 Å². The maximum atomic E-state index is 6.91. The summed E-state index contributed by atoms with van der Waals surface area (Å²) in [6.45, 7) is 7.39. The molecule has 0 aliphatic carbocycles. The molecule has 0 atom stereocenters. The molecule has 2 nitrogen and oxygen atoms in total. The third kappa shape index (κ3) is 4.08. The van der Waals surface area contributed by atoms with Gasteiger partial charge >= 0.3 is 0 Å². The van der Waals surface area contributed by atoms with E-state index in [1.807, 2.05) is 0 Å². The molecule has 1 aliphatic rings. The zero-order valence-corrected chi connectivity index (χ0v) is 20.7. The van der Waals surface area contributed by atoms with Gasteiger partial charge in [-0.2, -0.15) is 0 Å². The first kappa shape index (κ1) is 21.9. The average Bonchev–Trinajstić information content (AvgIpc) is 3.16. The highest BCUT2D eigenvalue weighted by molar-refractivity contribution is 7.19. The number of halogens is 2. The number of hydrogen-bond donors (Lipinski definition) is 0. The fourth-order valence-corrected chi connectivity index (χ4v) is 6.44. The van der Waals surface area contributed by atoms with Gasteiger partial charge in [-0.15, -0.1) is 22.9 Å². The van der Waals surface area contributed by atoms with Gasteiger partial charge in [0, 0.05) is 35.5 Å². The van der Waals surface area contributed by atoms with E-state index < -0.39 is 0 Å². The van der Waals surface area contributed by atoms with Gasteiger partial charge in [-0.25, -0.2) is 4.98 Å². The quantitative estimate of drug-likeness (QED) is 0.268. The van der Waals surface area contributed by atoms with Crippen molar-refractivity contribution in [3.05, 3.63) is 86.9 Å². The number of hydrogen-bond acceptors (Lipinski definition) is 3. The van der Waals surface area contributed by atoms with Crippen LogP contribution >= 0.6 is 34.5 Å². The molecule has 2 aromatic carbocycles. The smallest absolute Gasteiger partial charge is 0.124 e. The van der Waals surface area contributed by atoms with E-state index in [1.165, 1.54) is 27.0 Å². The van der Waals surface area contributed by atoms with E-state index in [2.05, 4.69) is 73.3 Å². The molecule has 0 spiro atoms. The molecule has 0 fully saturated rings. The van der Waals surface area contributed by atoms with Crippen LogP contribution in [0.25, 0.3) is 21.3 Å². The van der Waals surface area contributed by atoms with Gasteiger partial charge in [0.1, 0.15) is 4.83 Å². The Kier molecular flexibility index (Phi) is 6.26. The minimum atomic E-state index is 0.314. The first-order valence-electron chi connectivity index (χ1n) is 11.1. The second-order valence-electron chi connectivity index (χ2n) is 8.79. The van der Waals surface area contributed by atoms with Gasteiger partial charge in [0.05, 0.1) is 16.6 Å². The van der Waals surface area contributed by atoms with Crippen LogP contribution < -0.4 is 0 Å². The van der Waals surface area contributed by atoms with Crippen LogP contribution in [0.3, 0.4) is 0 Å². The van der Waals surface area contributed by atoms with E-state index >= 15 is 0 Å². The number of rotatable bonds is 5. The van der Waals surface area contributed by atoms with Crippen molar-refractivity contribution in [2.75, 3.05) is 6.54 Å². The SMILES string of the molecule is CC(C)c1ccc(-c2c(Cl)c(CCl)nc3sc4c(c23)CCN(Cc2ccccc2)C4)cc1. The van der Waals surface area contributed by atoms with Crippen molar-refractivity contribution in [1.29, 1.82) is 0 Å². The predicted molar refractivity (Wildman–Crippen MR) is 138 cm³/mol. The highest BCUT2D eigenvalue weighted by atomic mass is 35.5. The number of alkyl halides is 1.